The molecule has 244 valence electrons. The maximum Gasteiger partial charge on any atom is 0.210 e. The Bertz CT molecular complexity index is 2530. The lowest BCUT2D eigenvalue weighted by Gasteiger charge is -2.14. The van der Waals surface area contributed by atoms with Gasteiger partial charge in [0.25, 0.3) is 0 Å². The Labute approximate surface area is 302 Å². The van der Waals surface area contributed by atoms with Crippen molar-refractivity contribution in [2.24, 2.45) is 0 Å². The first-order valence-corrected chi connectivity index (χ1v) is 17.3. The molecule has 5 nitrogen and oxygen atoms in total. The molecule has 9 rings (SSSR count). The predicted octanol–water partition coefficient (Wildman–Crippen LogP) is 10.9. The molecule has 0 aliphatic carbocycles. The van der Waals surface area contributed by atoms with Crippen molar-refractivity contribution >= 4 is 10.8 Å². The van der Waals surface area contributed by atoms with Crippen molar-refractivity contribution in [2.75, 3.05) is 0 Å². The number of aromatic nitrogens is 5. The molecule has 0 amide bonds. The predicted molar refractivity (Wildman–Crippen MR) is 210 cm³/mol. The maximum atomic E-state index is 4.93. The van der Waals surface area contributed by atoms with Crippen LogP contribution in [0.4, 0.5) is 0 Å². The number of hydrogen-bond acceptors (Lipinski definition) is 4. The Morgan fingerprint density at radius 1 is 0.346 bits per heavy atom. The van der Waals surface area contributed by atoms with E-state index in [9.17, 15) is 0 Å². The molecule has 9 aromatic rings. The van der Waals surface area contributed by atoms with Gasteiger partial charge in [-0.15, -0.1) is 0 Å². The quantitative estimate of drug-likeness (QED) is 0.170. The fourth-order valence-electron chi connectivity index (χ4n) is 6.73. The standard InChI is InChI=1S/C47H31N5/c1-3-13-33(14-4-1)45-50-46(34-15-5-2-6-16-34)52-47(51-45)35-23-21-32(22-24-35)39-25-26-40(42-18-8-7-17-41(39)42)36-29-37(43-19-9-11-27-48-43)31-38(30-36)44-20-10-12-28-49-44/h1-31H/p+1. The Hall–Kier alpha value is -7.11. The highest BCUT2D eigenvalue weighted by atomic mass is 15.0. The van der Waals surface area contributed by atoms with Crippen LogP contribution < -0.4 is 4.98 Å². The molecule has 0 saturated heterocycles. The van der Waals surface area contributed by atoms with Crippen LogP contribution >= 0.6 is 0 Å². The zero-order valence-electron chi connectivity index (χ0n) is 28.2. The van der Waals surface area contributed by atoms with Crippen molar-refractivity contribution in [3.63, 3.8) is 0 Å². The Morgan fingerprint density at radius 2 is 0.846 bits per heavy atom. The number of nitrogens with zero attached hydrogens (tertiary/aromatic N) is 4. The van der Waals surface area contributed by atoms with Crippen molar-refractivity contribution in [1.82, 2.24) is 19.9 Å². The molecule has 0 radical (unpaired) electrons. The first-order chi connectivity index (χ1) is 25.8. The van der Waals surface area contributed by atoms with Gasteiger partial charge in [-0.2, -0.15) is 0 Å². The van der Waals surface area contributed by atoms with Crippen LogP contribution in [0.15, 0.2) is 188 Å². The highest BCUT2D eigenvalue weighted by molar-refractivity contribution is 6.05. The van der Waals surface area contributed by atoms with Gasteiger partial charge in [0.15, 0.2) is 23.7 Å². The summed E-state index contributed by atoms with van der Waals surface area (Å²) in [7, 11) is 0. The van der Waals surface area contributed by atoms with Crippen molar-refractivity contribution in [3.8, 4) is 78.9 Å². The molecule has 0 atom stereocenters. The van der Waals surface area contributed by atoms with E-state index < -0.39 is 0 Å². The Balaban J connectivity index is 1.13. The third-order valence-corrected chi connectivity index (χ3v) is 9.30. The van der Waals surface area contributed by atoms with Crippen LogP contribution in [0, 0.1) is 0 Å². The molecule has 3 heterocycles. The largest absolute Gasteiger partial charge is 0.256 e. The van der Waals surface area contributed by atoms with Crippen LogP contribution in [0.1, 0.15) is 0 Å². The second kappa shape index (κ2) is 13.7. The molecular weight excluding hydrogens is 635 g/mol. The van der Waals surface area contributed by atoms with Crippen LogP contribution in [0.3, 0.4) is 0 Å². The number of aromatic amines is 1. The highest BCUT2D eigenvalue weighted by Gasteiger charge is 2.16. The van der Waals surface area contributed by atoms with Gasteiger partial charge in [0.05, 0.1) is 5.69 Å². The number of benzene rings is 6. The average Bonchev–Trinajstić information content (AvgIpc) is 3.24. The molecule has 0 spiro atoms. The van der Waals surface area contributed by atoms with Gasteiger partial charge in [-0.1, -0.05) is 127 Å². The topological polar surface area (TPSA) is 65.7 Å². The third-order valence-electron chi connectivity index (χ3n) is 9.30. The van der Waals surface area contributed by atoms with E-state index in [-0.39, 0.29) is 0 Å². The number of nitrogens with one attached hydrogen (secondary N) is 1. The van der Waals surface area contributed by atoms with Gasteiger partial charge in [-0.25, -0.2) is 19.9 Å². The van der Waals surface area contributed by atoms with Gasteiger partial charge < -0.3 is 0 Å². The maximum absolute atomic E-state index is 4.93. The fraction of sp³-hybridized carbons (Fsp3) is 0. The van der Waals surface area contributed by atoms with Crippen molar-refractivity contribution in [1.29, 1.82) is 0 Å². The van der Waals surface area contributed by atoms with Crippen molar-refractivity contribution in [2.45, 2.75) is 0 Å². The van der Waals surface area contributed by atoms with Crippen molar-refractivity contribution in [3.05, 3.63) is 188 Å². The normalized spacial score (nSPS) is 11.1. The number of rotatable bonds is 7. The van der Waals surface area contributed by atoms with Crippen LogP contribution in [-0.4, -0.2) is 19.9 Å². The summed E-state index contributed by atoms with van der Waals surface area (Å²) in [5.74, 6) is 1.93. The Morgan fingerprint density at radius 3 is 1.42 bits per heavy atom. The molecule has 6 aromatic carbocycles. The van der Waals surface area contributed by atoms with Gasteiger partial charge in [-0.05, 0) is 69.4 Å². The van der Waals surface area contributed by atoms with Crippen LogP contribution in [0.25, 0.3) is 89.7 Å². The molecule has 1 N–H and O–H groups in total. The van der Waals surface area contributed by atoms with Gasteiger partial charge >= 0.3 is 0 Å². The highest BCUT2D eigenvalue weighted by Crippen LogP contribution is 2.39. The smallest absolute Gasteiger partial charge is 0.210 e. The minimum absolute atomic E-state index is 0.638. The lowest BCUT2D eigenvalue weighted by atomic mass is 9.90. The number of hydrogen-bond donors (Lipinski definition) is 0. The van der Waals surface area contributed by atoms with Crippen LogP contribution in [0.2, 0.25) is 0 Å². The lowest BCUT2D eigenvalue weighted by molar-refractivity contribution is -0.364. The molecule has 0 aliphatic heterocycles. The number of H-pyrrole nitrogens is 1. The van der Waals surface area contributed by atoms with E-state index in [1.165, 1.54) is 10.8 Å². The summed E-state index contributed by atoms with van der Waals surface area (Å²) in [6, 6.07) is 60.7. The summed E-state index contributed by atoms with van der Waals surface area (Å²) >= 11 is 0. The molecule has 3 aromatic heterocycles. The zero-order chi connectivity index (χ0) is 34.7. The summed E-state index contributed by atoms with van der Waals surface area (Å²) in [6.07, 6.45) is 3.81. The molecular formula is C47H32N5+. The van der Waals surface area contributed by atoms with E-state index in [2.05, 4.69) is 107 Å². The monoisotopic (exact) mass is 666 g/mol. The van der Waals surface area contributed by atoms with E-state index in [0.29, 0.717) is 17.5 Å². The first-order valence-electron chi connectivity index (χ1n) is 17.3. The molecule has 0 bridgehead atoms. The number of fused-ring (bicyclic) bond motifs is 1. The van der Waals surface area contributed by atoms with Gasteiger partial charge in [0.2, 0.25) is 5.69 Å². The van der Waals surface area contributed by atoms with Crippen LogP contribution in [-0.2, 0) is 0 Å². The second-order valence-electron chi connectivity index (χ2n) is 12.6. The van der Waals surface area contributed by atoms with E-state index in [4.69, 9.17) is 15.0 Å². The SMILES string of the molecule is c1ccc(-c2nc(-c3ccccc3)nc(-c3ccc(-c4ccc(-c5cc(-c6ccccn6)cc(-c6cccc[nH+]6)c5)c5ccccc45)cc3)n2)cc1. The van der Waals surface area contributed by atoms with E-state index in [1.54, 1.807) is 0 Å². The minimum atomic E-state index is 0.638. The zero-order valence-corrected chi connectivity index (χ0v) is 28.2. The summed E-state index contributed by atoms with van der Waals surface area (Å²) in [6.45, 7) is 0. The minimum Gasteiger partial charge on any atom is -0.256 e. The molecule has 0 aliphatic rings. The lowest BCUT2D eigenvalue weighted by Crippen LogP contribution is -2.04. The molecule has 0 fully saturated rings. The second-order valence-corrected chi connectivity index (χ2v) is 12.6. The summed E-state index contributed by atoms with van der Waals surface area (Å²) in [4.78, 5) is 22.8. The molecule has 0 unspecified atom stereocenters. The first kappa shape index (κ1) is 30.9. The van der Waals surface area contributed by atoms with Crippen molar-refractivity contribution < 1.29 is 4.98 Å². The van der Waals surface area contributed by atoms with Crippen LogP contribution in [0.5, 0.6) is 0 Å². The third kappa shape index (κ3) is 6.12. The van der Waals surface area contributed by atoms with E-state index in [1.807, 2.05) is 91.3 Å². The summed E-state index contributed by atoms with van der Waals surface area (Å²) in [5, 5.41) is 2.37. The van der Waals surface area contributed by atoms with E-state index in [0.717, 1.165) is 61.5 Å². The summed E-state index contributed by atoms with van der Waals surface area (Å²) < 4.78 is 0. The molecule has 5 heteroatoms. The molecule has 52 heavy (non-hydrogen) atoms. The van der Waals surface area contributed by atoms with Gasteiger partial charge in [0, 0.05) is 46.1 Å². The summed E-state index contributed by atoms with van der Waals surface area (Å²) in [5.41, 5.74) is 11.6. The average molecular weight is 667 g/mol. The van der Waals surface area contributed by atoms with E-state index >= 15 is 0 Å². The fourth-order valence-corrected chi connectivity index (χ4v) is 6.73. The Kier molecular flexibility index (Phi) is 8.12. The van der Waals surface area contributed by atoms with Gasteiger partial charge in [-0.3, -0.25) is 4.98 Å². The van der Waals surface area contributed by atoms with Gasteiger partial charge in [0.1, 0.15) is 0 Å². The number of pyridine rings is 2. The molecule has 0 saturated carbocycles.